The van der Waals surface area contributed by atoms with E-state index >= 15 is 0 Å². The second-order valence-electron chi connectivity index (χ2n) is 3.44. The Morgan fingerprint density at radius 2 is 2.11 bits per heavy atom. The molecule has 2 aromatic rings. The van der Waals surface area contributed by atoms with Crippen molar-refractivity contribution in [2.45, 2.75) is 6.18 Å². The van der Waals surface area contributed by atoms with Crippen LogP contribution < -0.4 is 5.32 Å². The monoisotopic (exact) mass is 307 g/mol. The number of aromatic nitrogens is 2. The van der Waals surface area contributed by atoms with Crippen LogP contribution in [0.1, 0.15) is 16.1 Å². The predicted octanol–water partition coefficient (Wildman–Crippen LogP) is 3.46. The number of hydrogen-bond acceptors (Lipinski definition) is 4. The molecule has 1 N–H and O–H groups in total. The Hall–Kier alpha value is -1.67. The van der Waals surface area contributed by atoms with Crippen LogP contribution >= 0.6 is 23.3 Å². The Morgan fingerprint density at radius 3 is 2.68 bits per heavy atom. The van der Waals surface area contributed by atoms with Crippen LogP contribution in [0, 0.1) is 0 Å². The second kappa shape index (κ2) is 5.14. The van der Waals surface area contributed by atoms with Crippen molar-refractivity contribution in [3.05, 3.63) is 40.7 Å². The number of amides is 1. The van der Waals surface area contributed by atoms with Gasteiger partial charge in [-0.25, -0.2) is 0 Å². The van der Waals surface area contributed by atoms with E-state index in [4.69, 9.17) is 11.6 Å². The van der Waals surface area contributed by atoms with E-state index < -0.39 is 22.7 Å². The number of halogens is 4. The first kappa shape index (κ1) is 13.8. The molecule has 19 heavy (non-hydrogen) atoms. The van der Waals surface area contributed by atoms with Crippen LogP contribution in [0.4, 0.5) is 18.9 Å². The topological polar surface area (TPSA) is 54.9 Å². The summed E-state index contributed by atoms with van der Waals surface area (Å²) in [6.45, 7) is 0. The van der Waals surface area contributed by atoms with Crippen LogP contribution in [0.3, 0.4) is 0 Å². The number of hydrogen-bond donors (Lipinski definition) is 1. The molecule has 1 heterocycles. The third kappa shape index (κ3) is 3.21. The number of rotatable bonds is 2. The number of carbonyl (C=O) groups excluding carboxylic acids is 1. The Morgan fingerprint density at radius 1 is 1.37 bits per heavy atom. The maximum Gasteiger partial charge on any atom is 0.417 e. The molecule has 0 bridgehead atoms. The van der Waals surface area contributed by atoms with Crippen molar-refractivity contribution >= 4 is 34.9 Å². The largest absolute Gasteiger partial charge is 0.417 e. The van der Waals surface area contributed by atoms with E-state index in [9.17, 15) is 18.0 Å². The van der Waals surface area contributed by atoms with Crippen molar-refractivity contribution in [1.82, 2.24) is 8.75 Å². The van der Waals surface area contributed by atoms with Crippen molar-refractivity contribution in [3.63, 3.8) is 0 Å². The van der Waals surface area contributed by atoms with Crippen LogP contribution in [0.2, 0.25) is 5.02 Å². The first-order chi connectivity index (χ1) is 8.88. The van der Waals surface area contributed by atoms with Gasteiger partial charge in [-0.3, -0.25) is 4.79 Å². The highest BCUT2D eigenvalue weighted by Crippen LogP contribution is 2.36. The van der Waals surface area contributed by atoms with E-state index in [1.54, 1.807) is 0 Å². The fourth-order valence-corrected chi connectivity index (χ4v) is 1.92. The molecule has 0 fully saturated rings. The highest BCUT2D eigenvalue weighted by atomic mass is 35.5. The molecule has 0 spiro atoms. The molecule has 1 aromatic heterocycles. The standard InChI is InChI=1S/C10H5ClF3N3OS/c11-7-2-1-5(3-6(7)10(12,13)14)16-9(18)8-4-15-19-17-8/h1-4H,(H,16,18). The van der Waals surface area contributed by atoms with E-state index in [1.807, 2.05) is 0 Å². The van der Waals surface area contributed by atoms with Crippen LogP contribution in [-0.4, -0.2) is 14.7 Å². The fourth-order valence-electron chi connectivity index (χ4n) is 1.28. The zero-order valence-electron chi connectivity index (χ0n) is 9.03. The molecule has 0 aliphatic carbocycles. The summed E-state index contributed by atoms with van der Waals surface area (Å²) in [6.07, 6.45) is -3.36. The van der Waals surface area contributed by atoms with Crippen LogP contribution in [-0.2, 0) is 6.18 Å². The van der Waals surface area contributed by atoms with Crippen molar-refractivity contribution in [2.75, 3.05) is 5.32 Å². The molecule has 0 saturated carbocycles. The molecule has 2 rings (SSSR count). The highest BCUT2D eigenvalue weighted by molar-refractivity contribution is 6.99. The van der Waals surface area contributed by atoms with E-state index in [2.05, 4.69) is 14.1 Å². The van der Waals surface area contributed by atoms with E-state index in [-0.39, 0.29) is 11.4 Å². The number of carbonyl (C=O) groups is 1. The van der Waals surface area contributed by atoms with Gasteiger partial charge in [0.1, 0.15) is 0 Å². The molecular weight excluding hydrogens is 303 g/mol. The van der Waals surface area contributed by atoms with Crippen LogP contribution in [0.25, 0.3) is 0 Å². The van der Waals surface area contributed by atoms with Gasteiger partial charge in [0, 0.05) is 5.69 Å². The summed E-state index contributed by atoms with van der Waals surface area (Å²) in [5, 5.41) is 1.86. The second-order valence-corrected chi connectivity index (χ2v) is 4.40. The number of benzene rings is 1. The number of anilines is 1. The number of nitrogens with zero attached hydrogens (tertiary/aromatic N) is 2. The lowest BCUT2D eigenvalue weighted by Gasteiger charge is -2.11. The Balaban J connectivity index is 2.25. The SMILES string of the molecule is O=C(Nc1ccc(Cl)c(C(F)(F)F)c1)c1cnsn1. The van der Waals surface area contributed by atoms with Crippen molar-refractivity contribution in [1.29, 1.82) is 0 Å². The third-order valence-corrected chi connectivity index (χ3v) is 2.93. The maximum atomic E-state index is 12.6. The summed E-state index contributed by atoms with van der Waals surface area (Å²) in [5.74, 6) is -0.635. The summed E-state index contributed by atoms with van der Waals surface area (Å²) < 4.78 is 45.2. The van der Waals surface area contributed by atoms with Gasteiger partial charge in [-0.1, -0.05) is 11.6 Å². The minimum atomic E-state index is -4.58. The van der Waals surface area contributed by atoms with E-state index in [0.29, 0.717) is 0 Å². The molecule has 0 atom stereocenters. The Kier molecular flexibility index (Phi) is 3.72. The van der Waals surface area contributed by atoms with Gasteiger partial charge in [0.2, 0.25) is 0 Å². The average molecular weight is 308 g/mol. The minimum Gasteiger partial charge on any atom is -0.321 e. The summed E-state index contributed by atoms with van der Waals surface area (Å²) in [6, 6.07) is 3.11. The smallest absolute Gasteiger partial charge is 0.321 e. The van der Waals surface area contributed by atoms with Crippen molar-refractivity contribution < 1.29 is 18.0 Å². The van der Waals surface area contributed by atoms with Gasteiger partial charge >= 0.3 is 6.18 Å². The van der Waals surface area contributed by atoms with E-state index in [0.717, 1.165) is 23.9 Å². The molecule has 0 saturated heterocycles. The number of alkyl halides is 3. The lowest BCUT2D eigenvalue weighted by Crippen LogP contribution is -2.13. The highest BCUT2D eigenvalue weighted by Gasteiger charge is 2.33. The number of nitrogens with one attached hydrogen (secondary N) is 1. The summed E-state index contributed by atoms with van der Waals surface area (Å²) in [7, 11) is 0. The molecule has 4 nitrogen and oxygen atoms in total. The summed E-state index contributed by atoms with van der Waals surface area (Å²) in [5.41, 5.74) is -0.994. The minimum absolute atomic E-state index is 0.0188. The Bertz CT molecular complexity index is 601. The van der Waals surface area contributed by atoms with Gasteiger partial charge in [0.05, 0.1) is 28.5 Å². The van der Waals surface area contributed by atoms with Gasteiger partial charge in [0.15, 0.2) is 5.69 Å². The zero-order chi connectivity index (χ0) is 14.0. The Labute approximate surface area is 114 Å². The first-order valence-electron chi connectivity index (χ1n) is 4.83. The normalized spacial score (nSPS) is 11.4. The van der Waals surface area contributed by atoms with Crippen LogP contribution in [0.15, 0.2) is 24.4 Å². The van der Waals surface area contributed by atoms with Gasteiger partial charge in [-0.05, 0) is 18.2 Å². The molecule has 0 aliphatic heterocycles. The molecule has 9 heteroatoms. The van der Waals surface area contributed by atoms with Gasteiger partial charge in [-0.15, -0.1) is 0 Å². The van der Waals surface area contributed by atoms with E-state index in [1.165, 1.54) is 12.3 Å². The molecule has 0 radical (unpaired) electrons. The quantitative estimate of drug-likeness (QED) is 0.924. The third-order valence-electron chi connectivity index (χ3n) is 2.12. The lowest BCUT2D eigenvalue weighted by molar-refractivity contribution is -0.137. The summed E-state index contributed by atoms with van der Waals surface area (Å²) in [4.78, 5) is 11.6. The van der Waals surface area contributed by atoms with Gasteiger partial charge in [0.25, 0.3) is 5.91 Å². The zero-order valence-corrected chi connectivity index (χ0v) is 10.6. The lowest BCUT2D eigenvalue weighted by atomic mass is 10.2. The fraction of sp³-hybridized carbons (Fsp3) is 0.100. The average Bonchev–Trinajstić information content (AvgIpc) is 2.83. The molecular formula is C10H5ClF3N3OS. The molecule has 1 amide bonds. The van der Waals surface area contributed by atoms with Gasteiger partial charge in [-0.2, -0.15) is 21.9 Å². The first-order valence-corrected chi connectivity index (χ1v) is 5.94. The van der Waals surface area contributed by atoms with Crippen molar-refractivity contribution in [2.24, 2.45) is 0 Å². The van der Waals surface area contributed by atoms with Crippen LogP contribution in [0.5, 0.6) is 0 Å². The molecule has 0 unspecified atom stereocenters. The summed E-state index contributed by atoms with van der Waals surface area (Å²) >= 11 is 6.29. The predicted molar refractivity (Wildman–Crippen MR) is 64.3 cm³/mol. The maximum absolute atomic E-state index is 12.6. The van der Waals surface area contributed by atoms with Gasteiger partial charge < -0.3 is 5.32 Å². The molecule has 1 aromatic carbocycles. The van der Waals surface area contributed by atoms with Crippen molar-refractivity contribution in [3.8, 4) is 0 Å². The molecule has 100 valence electrons. The molecule has 0 aliphatic rings.